The lowest BCUT2D eigenvalue weighted by molar-refractivity contribution is -0.130. The lowest BCUT2D eigenvalue weighted by Gasteiger charge is -2.37. The van der Waals surface area contributed by atoms with Gasteiger partial charge in [0.05, 0.1) is 11.6 Å². The second kappa shape index (κ2) is 5.16. The summed E-state index contributed by atoms with van der Waals surface area (Å²) < 4.78 is 2.17. The van der Waals surface area contributed by atoms with Gasteiger partial charge in [0.15, 0.2) is 5.82 Å². The summed E-state index contributed by atoms with van der Waals surface area (Å²) in [7, 11) is 0. The van der Waals surface area contributed by atoms with E-state index >= 15 is 0 Å². The highest BCUT2D eigenvalue weighted by Gasteiger charge is 2.40. The smallest absolute Gasteiger partial charge is 0.240 e. The molecule has 2 heterocycles. The Kier molecular flexibility index (Phi) is 3.50. The molecule has 1 aliphatic heterocycles. The minimum atomic E-state index is -0.657. The van der Waals surface area contributed by atoms with Crippen molar-refractivity contribution in [2.45, 2.75) is 70.0 Å². The third-order valence-corrected chi connectivity index (χ3v) is 4.57. The standard InChI is InChI=1S/C14H23N5O/c1-10(16-13(20)14(15)7-5-8-14)12-18-17-11-6-3-2-4-9-19(11)12/h10H,2-9,15H2,1H3,(H,16,20). The summed E-state index contributed by atoms with van der Waals surface area (Å²) in [6.45, 7) is 2.91. The SMILES string of the molecule is CC(NC(=O)C1(N)CCC1)c1nnc2n1CCCCC2. The molecule has 3 N–H and O–H groups in total. The Balaban J connectivity index is 1.72. The maximum atomic E-state index is 12.2. The molecule has 0 bridgehead atoms. The van der Waals surface area contributed by atoms with Crippen LogP contribution in [-0.2, 0) is 17.8 Å². The Morgan fingerprint density at radius 3 is 2.80 bits per heavy atom. The van der Waals surface area contributed by atoms with Crippen molar-refractivity contribution in [1.29, 1.82) is 0 Å². The van der Waals surface area contributed by atoms with Gasteiger partial charge in [0.2, 0.25) is 5.91 Å². The van der Waals surface area contributed by atoms with Crippen LogP contribution in [0, 0.1) is 0 Å². The van der Waals surface area contributed by atoms with Crippen molar-refractivity contribution in [2.24, 2.45) is 5.73 Å². The van der Waals surface area contributed by atoms with Gasteiger partial charge in [-0.25, -0.2) is 0 Å². The lowest BCUT2D eigenvalue weighted by Crippen LogP contribution is -2.58. The van der Waals surface area contributed by atoms with Crippen molar-refractivity contribution >= 4 is 5.91 Å². The summed E-state index contributed by atoms with van der Waals surface area (Å²) in [5.74, 6) is 1.85. The van der Waals surface area contributed by atoms with Gasteiger partial charge < -0.3 is 15.6 Å². The van der Waals surface area contributed by atoms with Crippen LogP contribution >= 0.6 is 0 Å². The van der Waals surface area contributed by atoms with E-state index < -0.39 is 5.54 Å². The molecular formula is C14H23N5O. The van der Waals surface area contributed by atoms with E-state index in [1.165, 1.54) is 12.8 Å². The first-order chi connectivity index (χ1) is 9.60. The van der Waals surface area contributed by atoms with Crippen LogP contribution < -0.4 is 11.1 Å². The number of aryl methyl sites for hydroxylation is 1. The zero-order chi connectivity index (χ0) is 14.2. The number of nitrogens with one attached hydrogen (secondary N) is 1. The summed E-state index contributed by atoms with van der Waals surface area (Å²) in [6, 6.07) is -0.136. The van der Waals surface area contributed by atoms with E-state index in [2.05, 4.69) is 20.1 Å². The van der Waals surface area contributed by atoms with Gasteiger partial charge in [-0.05, 0) is 39.0 Å². The van der Waals surface area contributed by atoms with Crippen molar-refractivity contribution in [3.63, 3.8) is 0 Å². The van der Waals surface area contributed by atoms with Gasteiger partial charge in [-0.15, -0.1) is 10.2 Å². The highest BCUT2D eigenvalue weighted by Crippen LogP contribution is 2.30. The van der Waals surface area contributed by atoms with Gasteiger partial charge in [0, 0.05) is 13.0 Å². The van der Waals surface area contributed by atoms with Crippen molar-refractivity contribution in [3.05, 3.63) is 11.6 Å². The zero-order valence-corrected chi connectivity index (χ0v) is 12.1. The molecule has 1 fully saturated rings. The maximum absolute atomic E-state index is 12.2. The molecule has 0 radical (unpaired) electrons. The summed E-state index contributed by atoms with van der Waals surface area (Å²) in [5.41, 5.74) is 5.40. The first-order valence-corrected chi connectivity index (χ1v) is 7.62. The number of nitrogens with two attached hydrogens (primary N) is 1. The third-order valence-electron chi connectivity index (χ3n) is 4.57. The van der Waals surface area contributed by atoms with Crippen molar-refractivity contribution < 1.29 is 4.79 Å². The number of hydrogen-bond acceptors (Lipinski definition) is 4. The van der Waals surface area contributed by atoms with Gasteiger partial charge in [-0.1, -0.05) is 6.42 Å². The van der Waals surface area contributed by atoms with E-state index in [1.54, 1.807) is 0 Å². The number of fused-ring (bicyclic) bond motifs is 1. The maximum Gasteiger partial charge on any atom is 0.240 e. The van der Waals surface area contributed by atoms with Gasteiger partial charge in [0.25, 0.3) is 0 Å². The Morgan fingerprint density at radius 2 is 2.10 bits per heavy atom. The Hall–Kier alpha value is -1.43. The number of aromatic nitrogens is 3. The highest BCUT2D eigenvalue weighted by atomic mass is 16.2. The van der Waals surface area contributed by atoms with Crippen LogP contribution in [0.3, 0.4) is 0 Å². The molecule has 0 spiro atoms. The molecule has 110 valence electrons. The quantitative estimate of drug-likeness (QED) is 0.865. The van der Waals surface area contributed by atoms with E-state index in [1.807, 2.05) is 6.92 Å². The molecule has 1 atom stereocenters. The first kappa shape index (κ1) is 13.5. The topological polar surface area (TPSA) is 85.8 Å². The van der Waals surface area contributed by atoms with Crippen molar-refractivity contribution in [3.8, 4) is 0 Å². The van der Waals surface area contributed by atoms with Crippen LogP contribution in [0.4, 0.5) is 0 Å². The fourth-order valence-corrected chi connectivity index (χ4v) is 3.02. The molecule has 1 unspecified atom stereocenters. The second-order valence-corrected chi connectivity index (χ2v) is 6.14. The number of rotatable bonds is 3. The van der Waals surface area contributed by atoms with Crippen LogP contribution in [0.25, 0.3) is 0 Å². The third kappa shape index (κ3) is 2.32. The summed E-state index contributed by atoms with van der Waals surface area (Å²) in [4.78, 5) is 12.2. The van der Waals surface area contributed by atoms with Crippen LogP contribution in [0.2, 0.25) is 0 Å². The fraction of sp³-hybridized carbons (Fsp3) is 0.786. The Morgan fingerprint density at radius 1 is 1.30 bits per heavy atom. The number of amides is 1. The van der Waals surface area contributed by atoms with E-state index in [0.717, 1.165) is 50.3 Å². The molecule has 1 saturated carbocycles. The average molecular weight is 277 g/mol. The number of nitrogens with zero attached hydrogens (tertiary/aromatic N) is 3. The number of carbonyl (C=O) groups is 1. The van der Waals surface area contributed by atoms with E-state index in [4.69, 9.17) is 5.73 Å². The van der Waals surface area contributed by atoms with Crippen LogP contribution in [-0.4, -0.2) is 26.2 Å². The second-order valence-electron chi connectivity index (χ2n) is 6.14. The molecule has 6 heteroatoms. The van der Waals surface area contributed by atoms with Gasteiger partial charge in [-0.3, -0.25) is 4.79 Å². The highest BCUT2D eigenvalue weighted by molar-refractivity contribution is 5.87. The Labute approximate surface area is 119 Å². The Bertz CT molecular complexity index is 506. The van der Waals surface area contributed by atoms with Crippen LogP contribution in [0.15, 0.2) is 0 Å². The molecule has 3 rings (SSSR count). The fourth-order valence-electron chi connectivity index (χ4n) is 3.02. The molecule has 6 nitrogen and oxygen atoms in total. The van der Waals surface area contributed by atoms with Gasteiger partial charge in [0.1, 0.15) is 5.82 Å². The molecule has 1 aliphatic carbocycles. The summed E-state index contributed by atoms with van der Waals surface area (Å²) >= 11 is 0. The normalized spacial score (nSPS) is 22.3. The predicted molar refractivity (Wildman–Crippen MR) is 74.9 cm³/mol. The molecule has 2 aliphatic rings. The molecule has 1 amide bonds. The zero-order valence-electron chi connectivity index (χ0n) is 12.1. The molecule has 0 saturated heterocycles. The first-order valence-electron chi connectivity index (χ1n) is 7.62. The van der Waals surface area contributed by atoms with Crippen LogP contribution in [0.1, 0.15) is 63.1 Å². The molecule has 0 aromatic carbocycles. The molecule has 1 aromatic rings. The molecule has 1 aromatic heterocycles. The van der Waals surface area contributed by atoms with Gasteiger partial charge in [-0.2, -0.15) is 0 Å². The van der Waals surface area contributed by atoms with E-state index in [0.29, 0.717) is 0 Å². The van der Waals surface area contributed by atoms with Crippen molar-refractivity contribution in [2.75, 3.05) is 0 Å². The largest absolute Gasteiger partial charge is 0.345 e. The number of carbonyl (C=O) groups excluding carboxylic acids is 1. The molecular weight excluding hydrogens is 254 g/mol. The van der Waals surface area contributed by atoms with Crippen molar-refractivity contribution in [1.82, 2.24) is 20.1 Å². The summed E-state index contributed by atoms with van der Waals surface area (Å²) in [6.07, 6.45) is 7.14. The monoisotopic (exact) mass is 277 g/mol. The van der Waals surface area contributed by atoms with E-state index in [9.17, 15) is 4.79 Å². The lowest BCUT2D eigenvalue weighted by atomic mass is 9.77. The predicted octanol–water partition coefficient (Wildman–Crippen LogP) is 1.06. The average Bonchev–Trinajstić information content (AvgIpc) is 2.65. The minimum Gasteiger partial charge on any atom is -0.345 e. The van der Waals surface area contributed by atoms with E-state index in [-0.39, 0.29) is 11.9 Å². The van der Waals surface area contributed by atoms with Crippen LogP contribution in [0.5, 0.6) is 0 Å². The van der Waals surface area contributed by atoms with Gasteiger partial charge >= 0.3 is 0 Å². The molecule has 20 heavy (non-hydrogen) atoms. The summed E-state index contributed by atoms with van der Waals surface area (Å²) in [5, 5.41) is 11.6. The number of hydrogen-bond donors (Lipinski definition) is 2. The minimum absolute atomic E-state index is 0.0535.